The van der Waals surface area contributed by atoms with Gasteiger partial charge in [0, 0.05) is 34.8 Å². The molecule has 0 aromatic rings. The third-order valence-corrected chi connectivity index (χ3v) is 3.67. The van der Waals surface area contributed by atoms with Crippen molar-refractivity contribution in [1.29, 1.82) is 0 Å². The van der Waals surface area contributed by atoms with Crippen molar-refractivity contribution in [1.82, 2.24) is 0 Å². The van der Waals surface area contributed by atoms with E-state index in [1.807, 2.05) is 0 Å². The summed E-state index contributed by atoms with van der Waals surface area (Å²) in [5, 5.41) is 16.4. The van der Waals surface area contributed by atoms with Crippen LogP contribution in [0.15, 0.2) is 0 Å². The van der Waals surface area contributed by atoms with Crippen molar-refractivity contribution in [2.24, 2.45) is 0 Å². The molecule has 3 N–H and O–H groups in total. The number of hydrogen-bond acceptors (Lipinski definition) is 5. The minimum absolute atomic E-state index is 0. The maximum Gasteiger partial charge on any atom is 0.0521 e. The maximum absolute atomic E-state index is 8.19. The smallest absolute Gasteiger partial charge is 0.0521 e. The Morgan fingerprint density at radius 3 is 1.33 bits per heavy atom. The summed E-state index contributed by atoms with van der Waals surface area (Å²) in [7, 11) is 0. The van der Waals surface area contributed by atoms with Crippen molar-refractivity contribution in [3.05, 3.63) is 0 Å². The number of aliphatic hydroxyl groups is 2. The Bertz CT molecular complexity index is 74.3. The van der Waals surface area contributed by atoms with Crippen LogP contribution in [0.25, 0.3) is 0 Å². The molecule has 0 aliphatic heterocycles. The summed E-state index contributed by atoms with van der Waals surface area (Å²) < 4.78 is 0. The van der Waals surface area contributed by atoms with Crippen LogP contribution in [0.1, 0.15) is 0 Å². The number of rotatable bonds is 8. The van der Waals surface area contributed by atoms with E-state index >= 15 is 0 Å². The van der Waals surface area contributed by atoms with Gasteiger partial charge in [0.2, 0.25) is 0 Å². The van der Waals surface area contributed by atoms with Gasteiger partial charge in [-0.3, -0.25) is 0 Å². The molecule has 0 aliphatic carbocycles. The molecule has 0 radical (unpaired) electrons. The molecule has 0 rings (SSSR count). The van der Waals surface area contributed by atoms with Crippen molar-refractivity contribution >= 4 is 46.7 Å². The van der Waals surface area contributed by atoms with Gasteiger partial charge in [-0.05, 0) is 0 Å². The first-order valence-corrected chi connectivity index (χ1v) is 7.70. The van der Waals surface area contributed by atoms with Crippen LogP contribution in [0.4, 0.5) is 0 Å². The molecule has 15 heavy (non-hydrogen) atoms. The summed E-state index contributed by atoms with van der Waals surface area (Å²) in [6, 6.07) is 0. The minimum atomic E-state index is 0. The number of aliphatic hydroxyl groups excluding tert-OH is 2. The lowest BCUT2D eigenvalue weighted by Gasteiger charge is -1.90. The van der Waals surface area contributed by atoms with E-state index < -0.39 is 0 Å². The lowest BCUT2D eigenvalue weighted by atomic mass is 10.9. The fraction of sp³-hybridized carbons (Fsp3) is 1.00. The lowest BCUT2D eigenvalue weighted by molar-refractivity contribution is 0.318. The number of thioether (sulfide) groups is 2. The second kappa shape index (κ2) is 24.4. The molecule has 0 fully saturated rings. The van der Waals surface area contributed by atoms with Gasteiger partial charge in [-0.2, -0.15) is 23.5 Å². The summed E-state index contributed by atoms with van der Waals surface area (Å²) in [6.07, 6.45) is 0. The van der Waals surface area contributed by atoms with Crippen molar-refractivity contribution in [2.45, 2.75) is 0 Å². The van der Waals surface area contributed by atoms with Gasteiger partial charge in [-0.15, -0.1) is 23.2 Å². The van der Waals surface area contributed by atoms with Crippen LogP contribution < -0.4 is 0 Å². The molecular formula is C8H19Cl2O3S2-. The average Bonchev–Trinajstić information content (AvgIpc) is 2.21. The first-order valence-electron chi connectivity index (χ1n) is 4.32. The van der Waals surface area contributed by atoms with Crippen LogP contribution in [0.2, 0.25) is 0 Å². The molecule has 0 saturated heterocycles. The van der Waals surface area contributed by atoms with Gasteiger partial charge in [-0.25, -0.2) is 0 Å². The Kier molecular flexibility index (Phi) is 34.9. The zero-order valence-corrected chi connectivity index (χ0v) is 11.7. The molecule has 0 aromatic carbocycles. The molecular weight excluding hydrogens is 279 g/mol. The summed E-state index contributed by atoms with van der Waals surface area (Å²) in [6.45, 7) is 0.426. The van der Waals surface area contributed by atoms with E-state index in [0.29, 0.717) is 0 Å². The van der Waals surface area contributed by atoms with Crippen LogP contribution in [-0.4, -0.2) is 63.7 Å². The molecule has 0 aliphatic rings. The molecule has 3 nitrogen and oxygen atoms in total. The molecule has 7 heteroatoms. The van der Waals surface area contributed by atoms with E-state index in [-0.39, 0.29) is 18.7 Å². The molecule has 0 amide bonds. The molecule has 0 spiro atoms. The van der Waals surface area contributed by atoms with Gasteiger partial charge in [0.05, 0.1) is 13.2 Å². The van der Waals surface area contributed by atoms with E-state index in [9.17, 15) is 0 Å². The van der Waals surface area contributed by atoms with Crippen LogP contribution in [0.3, 0.4) is 0 Å². The van der Waals surface area contributed by atoms with Gasteiger partial charge < -0.3 is 15.7 Å². The van der Waals surface area contributed by atoms with E-state index in [2.05, 4.69) is 0 Å². The molecule has 0 bridgehead atoms. The summed E-state index contributed by atoms with van der Waals surface area (Å²) >= 11 is 14.1. The van der Waals surface area contributed by atoms with Crippen molar-refractivity contribution in [3.8, 4) is 0 Å². The van der Waals surface area contributed by atoms with Crippen molar-refractivity contribution < 1.29 is 15.7 Å². The highest BCUT2D eigenvalue weighted by molar-refractivity contribution is 7.99. The zero-order valence-electron chi connectivity index (χ0n) is 8.57. The third-order valence-electron chi connectivity index (χ3n) is 0.914. The fourth-order valence-corrected chi connectivity index (χ4v) is 1.98. The second-order valence-corrected chi connectivity index (χ2v) is 5.26. The maximum atomic E-state index is 8.19. The van der Waals surface area contributed by atoms with Crippen molar-refractivity contribution in [3.63, 3.8) is 0 Å². The zero-order chi connectivity index (χ0) is 11.1. The van der Waals surface area contributed by atoms with Crippen LogP contribution in [0, 0.1) is 0 Å². The van der Waals surface area contributed by atoms with E-state index in [4.69, 9.17) is 33.4 Å². The number of hydrogen-bond donors (Lipinski definition) is 2. The van der Waals surface area contributed by atoms with Gasteiger partial charge >= 0.3 is 0 Å². The lowest BCUT2D eigenvalue weighted by Crippen LogP contribution is -1.91. The number of alkyl halides is 2. The molecule has 0 aromatic heterocycles. The Morgan fingerprint density at radius 1 is 0.733 bits per heavy atom. The summed E-state index contributed by atoms with van der Waals surface area (Å²) in [5.41, 5.74) is 0. The Labute approximate surface area is 110 Å². The largest absolute Gasteiger partial charge is 0.870 e. The monoisotopic (exact) mass is 297 g/mol. The van der Waals surface area contributed by atoms with E-state index in [1.54, 1.807) is 23.5 Å². The SMILES string of the molecule is ClCCSCCCl.OCCSCCO.[OH-]. The van der Waals surface area contributed by atoms with E-state index in [0.717, 1.165) is 34.8 Å². The first-order chi connectivity index (χ1) is 6.83. The van der Waals surface area contributed by atoms with Crippen LogP contribution in [-0.2, 0) is 0 Å². The van der Waals surface area contributed by atoms with Crippen molar-refractivity contribution in [2.75, 3.05) is 48.0 Å². The predicted molar refractivity (Wildman–Crippen MR) is 72.2 cm³/mol. The normalized spacial score (nSPS) is 8.80. The number of halogens is 2. The summed E-state index contributed by atoms with van der Waals surface area (Å²) in [4.78, 5) is 0. The average molecular weight is 298 g/mol. The highest BCUT2D eigenvalue weighted by Crippen LogP contribution is 1.99. The standard InChI is InChI=1S/C4H8Cl2S.C4H10O2S.H2O/c2*5-1-3-7-4-2-6;/h1-4H2;5-6H,1-4H2;1H2/p-1. The predicted octanol–water partition coefficient (Wildman–Crippen LogP) is 1.72. The molecule has 0 unspecified atom stereocenters. The molecule has 0 saturated carbocycles. The van der Waals surface area contributed by atoms with E-state index in [1.165, 1.54) is 0 Å². The second-order valence-electron chi connectivity index (χ2n) is 2.05. The molecule has 0 heterocycles. The van der Waals surface area contributed by atoms with Gasteiger partial charge in [0.15, 0.2) is 0 Å². The van der Waals surface area contributed by atoms with Gasteiger partial charge in [0.1, 0.15) is 0 Å². The van der Waals surface area contributed by atoms with Gasteiger partial charge in [0.25, 0.3) is 0 Å². The molecule has 96 valence electrons. The highest BCUT2D eigenvalue weighted by Gasteiger charge is 1.82. The minimum Gasteiger partial charge on any atom is -0.870 e. The highest BCUT2D eigenvalue weighted by atomic mass is 35.5. The third kappa shape index (κ3) is 31.3. The Balaban J connectivity index is -0.000000180. The Hall–Kier alpha value is 1.16. The quantitative estimate of drug-likeness (QED) is 0.527. The van der Waals surface area contributed by atoms with Crippen LogP contribution in [0.5, 0.6) is 0 Å². The van der Waals surface area contributed by atoms with Crippen LogP contribution >= 0.6 is 46.7 Å². The Morgan fingerprint density at radius 2 is 1.07 bits per heavy atom. The van der Waals surface area contributed by atoms with Gasteiger partial charge in [-0.1, -0.05) is 0 Å². The topological polar surface area (TPSA) is 70.5 Å². The molecule has 0 atom stereocenters. The first kappa shape index (κ1) is 21.4. The summed E-state index contributed by atoms with van der Waals surface area (Å²) in [5.74, 6) is 4.99. The fourth-order valence-electron chi connectivity index (χ4n) is 0.442.